The molecule has 0 aromatic heterocycles. The fraction of sp³-hybridized carbons (Fsp3) is 1.00. The first-order valence-electron chi connectivity index (χ1n) is 7.29. The molecule has 2 saturated heterocycles. The van der Waals surface area contributed by atoms with Gasteiger partial charge in [-0.25, -0.2) is 0 Å². The second-order valence-corrected chi connectivity index (χ2v) is 7.55. The molecule has 2 heterocycles. The molecule has 2 unspecified atom stereocenters. The van der Waals surface area contributed by atoms with Crippen LogP contribution in [0.1, 0.15) is 52.9 Å². The van der Waals surface area contributed by atoms with Crippen molar-refractivity contribution in [2.24, 2.45) is 11.3 Å². The normalized spacial score (nSPS) is 30.3. The number of hydrogen-bond acceptors (Lipinski definition) is 2. The maximum atomic E-state index is 6.21. The molecule has 1 spiro atoms. The van der Waals surface area contributed by atoms with Crippen molar-refractivity contribution in [2.75, 3.05) is 19.8 Å². The van der Waals surface area contributed by atoms with E-state index in [0.717, 1.165) is 45.0 Å². The highest BCUT2D eigenvalue weighted by molar-refractivity contribution is 6.20. The lowest BCUT2D eigenvalue weighted by molar-refractivity contribution is -0.159. The van der Waals surface area contributed by atoms with Crippen LogP contribution in [-0.2, 0) is 9.47 Å². The van der Waals surface area contributed by atoms with E-state index in [-0.39, 0.29) is 11.0 Å². The van der Waals surface area contributed by atoms with Crippen molar-refractivity contribution in [2.45, 2.75) is 63.9 Å². The smallest absolute Gasteiger partial charge is 0.0729 e. The van der Waals surface area contributed by atoms with E-state index in [0.29, 0.717) is 5.41 Å². The van der Waals surface area contributed by atoms with Crippen molar-refractivity contribution < 1.29 is 9.47 Å². The molecule has 0 radical (unpaired) electrons. The van der Waals surface area contributed by atoms with Gasteiger partial charge in [-0.15, -0.1) is 11.6 Å². The Kier molecular flexibility index (Phi) is 4.61. The zero-order valence-electron chi connectivity index (χ0n) is 12.0. The summed E-state index contributed by atoms with van der Waals surface area (Å²) in [6.07, 6.45) is 5.59. The molecule has 0 saturated carbocycles. The number of rotatable bonds is 3. The Bertz CT molecular complexity index is 264. The van der Waals surface area contributed by atoms with Gasteiger partial charge in [0.15, 0.2) is 0 Å². The monoisotopic (exact) mass is 274 g/mol. The molecule has 2 aliphatic heterocycles. The minimum absolute atomic E-state index is 0.105. The molecule has 0 amide bonds. The molecule has 0 N–H and O–H groups in total. The van der Waals surface area contributed by atoms with Crippen LogP contribution in [0.3, 0.4) is 0 Å². The predicted molar refractivity (Wildman–Crippen MR) is 75.2 cm³/mol. The Balaban J connectivity index is 2.01. The third-order valence-corrected chi connectivity index (χ3v) is 4.96. The highest BCUT2D eigenvalue weighted by atomic mass is 35.5. The molecule has 2 nitrogen and oxygen atoms in total. The van der Waals surface area contributed by atoms with Gasteiger partial charge >= 0.3 is 0 Å². The molecule has 2 atom stereocenters. The SMILES string of the molecule is CC(Cl)CC(C)(C)C1CCOC2(CCOCC2)C1. The number of halogens is 1. The van der Waals surface area contributed by atoms with Crippen LogP contribution in [0.2, 0.25) is 0 Å². The molecule has 2 aliphatic rings. The fourth-order valence-corrected chi connectivity index (χ4v) is 4.08. The summed E-state index contributed by atoms with van der Waals surface area (Å²) < 4.78 is 11.6. The zero-order valence-corrected chi connectivity index (χ0v) is 12.8. The minimum atomic E-state index is 0.105. The summed E-state index contributed by atoms with van der Waals surface area (Å²) in [6.45, 7) is 9.47. The number of alkyl halides is 1. The molecule has 3 heteroatoms. The molecule has 0 aromatic carbocycles. The summed E-state index contributed by atoms with van der Waals surface area (Å²) in [4.78, 5) is 0. The Hall–Kier alpha value is 0.210. The van der Waals surface area contributed by atoms with Gasteiger partial charge in [0.1, 0.15) is 0 Å². The first-order chi connectivity index (χ1) is 8.44. The van der Waals surface area contributed by atoms with E-state index in [2.05, 4.69) is 20.8 Å². The molecule has 0 aliphatic carbocycles. The van der Waals surface area contributed by atoms with E-state index < -0.39 is 0 Å². The van der Waals surface area contributed by atoms with E-state index in [4.69, 9.17) is 21.1 Å². The van der Waals surface area contributed by atoms with Gasteiger partial charge in [0.2, 0.25) is 0 Å². The summed E-state index contributed by atoms with van der Waals surface area (Å²) in [5.41, 5.74) is 0.421. The van der Waals surface area contributed by atoms with E-state index in [1.807, 2.05) is 0 Å². The molecular formula is C15H27ClO2. The Morgan fingerprint density at radius 2 is 1.94 bits per heavy atom. The number of ether oxygens (including phenoxy) is 2. The Labute approximate surface area is 116 Å². The Morgan fingerprint density at radius 1 is 1.28 bits per heavy atom. The third-order valence-electron chi connectivity index (χ3n) is 4.81. The van der Waals surface area contributed by atoms with Crippen molar-refractivity contribution in [3.63, 3.8) is 0 Å². The predicted octanol–water partition coefficient (Wildman–Crippen LogP) is 4.01. The molecule has 18 heavy (non-hydrogen) atoms. The summed E-state index contributed by atoms with van der Waals surface area (Å²) in [7, 11) is 0. The van der Waals surface area contributed by atoms with Crippen LogP contribution in [0, 0.1) is 11.3 Å². The highest BCUT2D eigenvalue weighted by Gasteiger charge is 2.43. The first kappa shape index (κ1) is 14.6. The molecule has 2 fully saturated rings. The highest BCUT2D eigenvalue weighted by Crippen LogP contribution is 2.46. The second kappa shape index (κ2) is 5.68. The maximum absolute atomic E-state index is 6.21. The van der Waals surface area contributed by atoms with E-state index in [9.17, 15) is 0 Å². The van der Waals surface area contributed by atoms with Crippen LogP contribution < -0.4 is 0 Å². The molecule has 2 rings (SSSR count). The van der Waals surface area contributed by atoms with Crippen molar-refractivity contribution in [1.82, 2.24) is 0 Å². The lowest BCUT2D eigenvalue weighted by atomic mass is 9.67. The van der Waals surface area contributed by atoms with Crippen LogP contribution in [-0.4, -0.2) is 30.8 Å². The lowest BCUT2D eigenvalue weighted by Crippen LogP contribution is -2.47. The van der Waals surface area contributed by atoms with Crippen molar-refractivity contribution in [3.05, 3.63) is 0 Å². The third kappa shape index (κ3) is 3.40. The lowest BCUT2D eigenvalue weighted by Gasteiger charge is -2.48. The topological polar surface area (TPSA) is 18.5 Å². The van der Waals surface area contributed by atoms with Crippen molar-refractivity contribution >= 4 is 11.6 Å². The largest absolute Gasteiger partial charge is 0.381 e. The van der Waals surface area contributed by atoms with Crippen molar-refractivity contribution in [1.29, 1.82) is 0 Å². The van der Waals surface area contributed by atoms with Crippen LogP contribution in [0.25, 0.3) is 0 Å². The summed E-state index contributed by atoms with van der Waals surface area (Å²) in [6, 6.07) is 0. The standard InChI is InChI=1S/C15H27ClO2/c1-12(16)10-14(2,3)13-4-7-18-15(11-13)5-8-17-9-6-15/h12-13H,4-11H2,1-3H3. The zero-order chi connectivity index (χ0) is 13.2. The van der Waals surface area contributed by atoms with Gasteiger partial charge in [0, 0.05) is 25.2 Å². The van der Waals surface area contributed by atoms with Gasteiger partial charge in [0.05, 0.1) is 5.60 Å². The number of hydrogen-bond donors (Lipinski definition) is 0. The maximum Gasteiger partial charge on any atom is 0.0729 e. The van der Waals surface area contributed by atoms with Crippen LogP contribution in [0.5, 0.6) is 0 Å². The van der Waals surface area contributed by atoms with Crippen molar-refractivity contribution in [3.8, 4) is 0 Å². The molecule has 0 bridgehead atoms. The second-order valence-electron chi connectivity index (χ2n) is 6.81. The quantitative estimate of drug-likeness (QED) is 0.724. The summed E-state index contributed by atoms with van der Waals surface area (Å²) in [5.74, 6) is 0.727. The minimum Gasteiger partial charge on any atom is -0.381 e. The van der Waals surface area contributed by atoms with E-state index in [1.165, 1.54) is 12.8 Å². The molecule has 0 aromatic rings. The summed E-state index contributed by atoms with van der Waals surface area (Å²) >= 11 is 6.21. The van der Waals surface area contributed by atoms with Crippen LogP contribution >= 0.6 is 11.6 Å². The average molecular weight is 275 g/mol. The van der Waals surface area contributed by atoms with Gasteiger partial charge in [-0.05, 0) is 50.4 Å². The first-order valence-corrected chi connectivity index (χ1v) is 7.73. The van der Waals surface area contributed by atoms with E-state index in [1.54, 1.807) is 0 Å². The fourth-order valence-electron chi connectivity index (χ4n) is 3.68. The van der Waals surface area contributed by atoms with Gasteiger partial charge in [-0.3, -0.25) is 0 Å². The summed E-state index contributed by atoms with van der Waals surface area (Å²) in [5, 5.41) is 0.258. The Morgan fingerprint density at radius 3 is 2.56 bits per heavy atom. The molecular weight excluding hydrogens is 248 g/mol. The van der Waals surface area contributed by atoms with E-state index >= 15 is 0 Å². The average Bonchev–Trinajstić information content (AvgIpc) is 2.28. The van der Waals surface area contributed by atoms with Crippen LogP contribution in [0.15, 0.2) is 0 Å². The molecule has 106 valence electrons. The van der Waals surface area contributed by atoms with Gasteiger partial charge < -0.3 is 9.47 Å². The van der Waals surface area contributed by atoms with Gasteiger partial charge in [-0.1, -0.05) is 13.8 Å². The van der Waals surface area contributed by atoms with Gasteiger partial charge in [-0.2, -0.15) is 0 Å². The van der Waals surface area contributed by atoms with Gasteiger partial charge in [0.25, 0.3) is 0 Å². The van der Waals surface area contributed by atoms with Crippen LogP contribution in [0.4, 0.5) is 0 Å².